The van der Waals surface area contributed by atoms with Crippen molar-refractivity contribution >= 4 is 0 Å². The number of nitrogens with zero attached hydrogens (tertiary/aromatic N) is 6. The minimum absolute atomic E-state index is 0.00455. The molecule has 0 amide bonds. The van der Waals surface area contributed by atoms with Crippen LogP contribution >= 0.6 is 0 Å². The highest BCUT2D eigenvalue weighted by molar-refractivity contribution is 5.68. The van der Waals surface area contributed by atoms with Crippen LogP contribution in [0.1, 0.15) is 25.7 Å². The summed E-state index contributed by atoms with van der Waals surface area (Å²) in [6.45, 7) is 3.96. The van der Waals surface area contributed by atoms with Crippen LogP contribution in [0.4, 0.5) is 4.39 Å². The molecule has 0 bridgehead atoms. The lowest BCUT2D eigenvalue weighted by Crippen LogP contribution is -2.26. The minimum atomic E-state index is -0.406. The first-order valence-electron chi connectivity index (χ1n) is 10.0. The molecule has 4 aromatic rings. The molecule has 0 saturated carbocycles. The van der Waals surface area contributed by atoms with Crippen molar-refractivity contribution in [2.75, 3.05) is 6.54 Å². The lowest BCUT2D eigenvalue weighted by Gasteiger charge is -2.06. The summed E-state index contributed by atoms with van der Waals surface area (Å²) in [5.41, 5.74) is 8.19. The standard InChI is InChI=1S/C22H22FN7O2/c1-14(2)21-27-20(28-32-21)17-5-3-4-16(8-17)19-9-18(6-7-25-19)29-13-26-30(22(29)31)12-15(10-23)11-24/h3-10,13-14H,11-12,24H2,1-2H3/b15-10+. The van der Waals surface area contributed by atoms with Crippen LogP contribution in [0.25, 0.3) is 28.3 Å². The second kappa shape index (κ2) is 9.06. The van der Waals surface area contributed by atoms with Gasteiger partial charge in [0.1, 0.15) is 6.33 Å². The predicted molar refractivity (Wildman–Crippen MR) is 117 cm³/mol. The maximum Gasteiger partial charge on any atom is 0.350 e. The van der Waals surface area contributed by atoms with Gasteiger partial charge in [-0.05, 0) is 23.8 Å². The van der Waals surface area contributed by atoms with Gasteiger partial charge in [0.2, 0.25) is 11.7 Å². The van der Waals surface area contributed by atoms with Crippen LogP contribution in [0, 0.1) is 0 Å². The summed E-state index contributed by atoms with van der Waals surface area (Å²) >= 11 is 0. The highest BCUT2D eigenvalue weighted by Crippen LogP contribution is 2.25. The van der Waals surface area contributed by atoms with E-state index >= 15 is 0 Å². The predicted octanol–water partition coefficient (Wildman–Crippen LogP) is 3.08. The minimum Gasteiger partial charge on any atom is -0.339 e. The summed E-state index contributed by atoms with van der Waals surface area (Å²) in [6, 6.07) is 11.1. The van der Waals surface area contributed by atoms with E-state index in [4.69, 9.17) is 10.3 Å². The van der Waals surface area contributed by atoms with Crippen LogP contribution in [0.5, 0.6) is 0 Å². The SMILES string of the molecule is CC(C)c1nc(-c2cccc(-c3cc(-n4cnn(C/C(=C/F)CN)c4=O)ccn3)c2)no1. The fourth-order valence-corrected chi connectivity index (χ4v) is 3.09. The molecular formula is C22H22FN7O2. The van der Waals surface area contributed by atoms with E-state index in [1.165, 1.54) is 10.9 Å². The largest absolute Gasteiger partial charge is 0.350 e. The van der Waals surface area contributed by atoms with E-state index in [1.807, 2.05) is 38.1 Å². The van der Waals surface area contributed by atoms with Crippen molar-refractivity contribution in [1.29, 1.82) is 0 Å². The van der Waals surface area contributed by atoms with E-state index in [9.17, 15) is 9.18 Å². The molecule has 3 aromatic heterocycles. The molecule has 1 aromatic carbocycles. The molecule has 0 aliphatic heterocycles. The highest BCUT2D eigenvalue weighted by atomic mass is 19.1. The zero-order valence-electron chi connectivity index (χ0n) is 17.6. The first-order chi connectivity index (χ1) is 15.5. The number of hydrogen-bond acceptors (Lipinski definition) is 7. The molecule has 0 saturated heterocycles. The zero-order chi connectivity index (χ0) is 22.7. The third-order valence-electron chi connectivity index (χ3n) is 4.88. The molecule has 32 heavy (non-hydrogen) atoms. The monoisotopic (exact) mass is 435 g/mol. The van der Waals surface area contributed by atoms with Gasteiger partial charge in [-0.3, -0.25) is 4.98 Å². The van der Waals surface area contributed by atoms with Gasteiger partial charge < -0.3 is 10.3 Å². The molecule has 0 fully saturated rings. The second-order valence-electron chi connectivity index (χ2n) is 7.50. The smallest absolute Gasteiger partial charge is 0.339 e. The van der Waals surface area contributed by atoms with Gasteiger partial charge in [0.15, 0.2) is 0 Å². The number of nitrogens with two attached hydrogens (primary N) is 1. The Morgan fingerprint density at radius 1 is 1.25 bits per heavy atom. The third kappa shape index (κ3) is 4.26. The lowest BCUT2D eigenvalue weighted by atomic mass is 10.1. The Bertz CT molecular complexity index is 1320. The average Bonchev–Trinajstić information content (AvgIpc) is 3.45. The quantitative estimate of drug-likeness (QED) is 0.474. The summed E-state index contributed by atoms with van der Waals surface area (Å²) in [5.74, 6) is 1.21. The van der Waals surface area contributed by atoms with Crippen LogP contribution in [0.15, 0.2) is 70.1 Å². The Kier molecular flexibility index (Phi) is 6.04. The van der Waals surface area contributed by atoms with Gasteiger partial charge in [0.05, 0.1) is 24.3 Å². The van der Waals surface area contributed by atoms with Gasteiger partial charge in [0.25, 0.3) is 0 Å². The Hall–Kier alpha value is -3.92. The normalized spacial score (nSPS) is 12.0. The van der Waals surface area contributed by atoms with Crippen molar-refractivity contribution < 1.29 is 8.91 Å². The van der Waals surface area contributed by atoms with Crippen LogP contribution in [-0.2, 0) is 6.54 Å². The molecule has 0 unspecified atom stereocenters. The first kappa shape index (κ1) is 21.3. The van der Waals surface area contributed by atoms with Gasteiger partial charge in [0, 0.05) is 29.8 Å². The van der Waals surface area contributed by atoms with E-state index < -0.39 is 5.69 Å². The van der Waals surface area contributed by atoms with Gasteiger partial charge >= 0.3 is 5.69 Å². The van der Waals surface area contributed by atoms with Crippen molar-refractivity contribution in [3.8, 4) is 28.3 Å². The fourth-order valence-electron chi connectivity index (χ4n) is 3.09. The molecule has 164 valence electrons. The first-order valence-corrected chi connectivity index (χ1v) is 10.0. The number of aromatic nitrogens is 6. The van der Waals surface area contributed by atoms with Gasteiger partial charge in [-0.1, -0.05) is 37.2 Å². The molecule has 0 spiro atoms. The Labute approximate surface area is 183 Å². The zero-order valence-corrected chi connectivity index (χ0v) is 17.6. The molecule has 9 nitrogen and oxygen atoms in total. The van der Waals surface area contributed by atoms with Gasteiger partial charge in [-0.15, -0.1) is 0 Å². The van der Waals surface area contributed by atoms with Crippen molar-refractivity contribution in [3.63, 3.8) is 0 Å². The molecule has 2 N–H and O–H groups in total. The van der Waals surface area contributed by atoms with Crippen LogP contribution < -0.4 is 11.4 Å². The van der Waals surface area contributed by atoms with Crippen molar-refractivity contribution in [3.05, 3.63) is 77.2 Å². The van der Waals surface area contributed by atoms with E-state index in [-0.39, 0.29) is 24.6 Å². The van der Waals surface area contributed by atoms with Crippen molar-refractivity contribution in [2.45, 2.75) is 26.3 Å². The molecule has 0 aliphatic rings. The van der Waals surface area contributed by atoms with Crippen LogP contribution in [0.2, 0.25) is 0 Å². The number of rotatable bonds is 7. The Balaban J connectivity index is 1.66. The lowest BCUT2D eigenvalue weighted by molar-refractivity contribution is 0.365. The third-order valence-corrected chi connectivity index (χ3v) is 4.88. The van der Waals surface area contributed by atoms with Crippen molar-refractivity contribution in [2.24, 2.45) is 5.73 Å². The van der Waals surface area contributed by atoms with Gasteiger partial charge in [-0.25, -0.2) is 18.4 Å². The number of hydrogen-bond donors (Lipinski definition) is 1. The number of benzene rings is 1. The Morgan fingerprint density at radius 2 is 2.06 bits per heavy atom. The van der Waals surface area contributed by atoms with E-state index in [1.54, 1.807) is 18.3 Å². The second-order valence-corrected chi connectivity index (χ2v) is 7.50. The maximum absolute atomic E-state index is 12.8. The maximum atomic E-state index is 12.8. The summed E-state index contributed by atoms with van der Waals surface area (Å²) < 4.78 is 20.7. The summed E-state index contributed by atoms with van der Waals surface area (Å²) in [4.78, 5) is 21.6. The van der Waals surface area contributed by atoms with Crippen molar-refractivity contribution in [1.82, 2.24) is 29.5 Å². The highest BCUT2D eigenvalue weighted by Gasteiger charge is 2.13. The molecule has 10 heteroatoms. The fraction of sp³-hybridized carbons (Fsp3) is 0.227. The van der Waals surface area contributed by atoms with E-state index in [0.29, 0.717) is 29.4 Å². The molecule has 4 rings (SSSR count). The Morgan fingerprint density at radius 3 is 2.78 bits per heavy atom. The summed E-state index contributed by atoms with van der Waals surface area (Å²) in [5, 5.41) is 8.11. The van der Waals surface area contributed by atoms with E-state index in [2.05, 4.69) is 20.2 Å². The average molecular weight is 435 g/mol. The molecule has 0 atom stereocenters. The summed E-state index contributed by atoms with van der Waals surface area (Å²) in [6.07, 6.45) is 3.40. The molecule has 0 aliphatic carbocycles. The van der Waals surface area contributed by atoms with Crippen LogP contribution in [0.3, 0.4) is 0 Å². The topological polar surface area (TPSA) is 118 Å². The van der Waals surface area contributed by atoms with Gasteiger partial charge in [-0.2, -0.15) is 10.1 Å². The van der Waals surface area contributed by atoms with E-state index in [0.717, 1.165) is 15.8 Å². The molecular weight excluding hydrogens is 413 g/mol. The number of halogens is 1. The summed E-state index contributed by atoms with van der Waals surface area (Å²) in [7, 11) is 0. The van der Waals surface area contributed by atoms with Crippen LogP contribution in [-0.4, -0.2) is 36.0 Å². The molecule has 3 heterocycles. The number of pyridine rings is 1. The molecule has 0 radical (unpaired) electrons.